The number of fused-ring (bicyclic) bond motifs is 1. The van der Waals surface area contributed by atoms with Crippen LogP contribution < -0.4 is 10.0 Å². The summed E-state index contributed by atoms with van der Waals surface area (Å²) >= 11 is 0. The van der Waals surface area contributed by atoms with Gasteiger partial charge in [-0.1, -0.05) is 57.4 Å². The summed E-state index contributed by atoms with van der Waals surface area (Å²) in [5.74, 6) is -1.89. The molecule has 38 heavy (non-hydrogen) atoms. The molecule has 2 aromatic rings. The van der Waals surface area contributed by atoms with Crippen LogP contribution in [0.25, 0.3) is 0 Å². The lowest BCUT2D eigenvalue weighted by atomic mass is 9.98. The van der Waals surface area contributed by atoms with E-state index < -0.39 is 22.1 Å². The third kappa shape index (κ3) is 8.44. The largest absolute Gasteiger partial charge is 0.471 e. The highest BCUT2D eigenvalue weighted by molar-refractivity contribution is 7.92. The number of nitrogens with zero attached hydrogens (tertiary/aromatic N) is 1. The molecule has 0 radical (unpaired) electrons. The number of aliphatic hydroxyl groups excluding tert-OH is 1. The van der Waals surface area contributed by atoms with Crippen LogP contribution in [0.4, 0.5) is 18.9 Å². The van der Waals surface area contributed by atoms with Gasteiger partial charge in [-0.15, -0.1) is 0 Å². The predicted molar refractivity (Wildman–Crippen MR) is 140 cm³/mol. The number of hydrogen-bond acceptors (Lipinski definition) is 5. The maximum Gasteiger partial charge on any atom is 0.471 e. The highest BCUT2D eigenvalue weighted by Crippen LogP contribution is 2.28. The summed E-state index contributed by atoms with van der Waals surface area (Å²) in [5, 5.41) is 12.2. The van der Waals surface area contributed by atoms with Gasteiger partial charge in [-0.25, -0.2) is 8.42 Å². The number of sulfonamides is 1. The molecule has 11 heteroatoms. The van der Waals surface area contributed by atoms with Crippen LogP contribution in [0.3, 0.4) is 0 Å². The van der Waals surface area contributed by atoms with Gasteiger partial charge in [0.25, 0.3) is 10.0 Å². The van der Waals surface area contributed by atoms with Gasteiger partial charge in [0, 0.05) is 25.7 Å². The van der Waals surface area contributed by atoms with Crippen molar-refractivity contribution in [3.05, 3.63) is 59.2 Å². The van der Waals surface area contributed by atoms with E-state index in [-0.39, 0.29) is 36.6 Å². The zero-order chi connectivity index (χ0) is 27.9. The smallest absolute Gasteiger partial charge is 0.393 e. The molecule has 0 aromatic heterocycles. The zero-order valence-corrected chi connectivity index (χ0v) is 22.5. The Hall–Kier alpha value is -2.63. The monoisotopic (exact) mass is 555 g/mol. The normalized spacial score (nSPS) is 16.4. The Labute approximate surface area is 222 Å². The summed E-state index contributed by atoms with van der Waals surface area (Å²) in [4.78, 5) is 12.2. The molecule has 0 spiro atoms. The second-order valence-electron chi connectivity index (χ2n) is 10.00. The van der Waals surface area contributed by atoms with Crippen molar-refractivity contribution in [3.63, 3.8) is 0 Å². The van der Waals surface area contributed by atoms with Crippen LogP contribution in [0.2, 0.25) is 0 Å². The highest BCUT2D eigenvalue weighted by Gasteiger charge is 2.43. The van der Waals surface area contributed by atoms with Crippen LogP contribution in [0.5, 0.6) is 0 Å². The molecule has 1 fully saturated rings. The molecule has 0 unspecified atom stereocenters. The summed E-state index contributed by atoms with van der Waals surface area (Å²) < 4.78 is 66.5. The van der Waals surface area contributed by atoms with Gasteiger partial charge in [0.05, 0.1) is 16.7 Å². The first-order chi connectivity index (χ1) is 17.9. The Balaban J connectivity index is 0.000000494. The van der Waals surface area contributed by atoms with Crippen LogP contribution in [0.1, 0.15) is 62.6 Å². The number of aliphatic hydroxyl groups is 1. The Morgan fingerprint density at radius 3 is 2.37 bits per heavy atom. The minimum absolute atomic E-state index is 0.0217. The molecule has 1 saturated carbocycles. The SMILES string of the molecule is CC(C)NCc1ccccc1NS(=O)(=O)c1ccc2c(c1)CCN(C(=O)C(F)(F)F)C2.OC1CCCCC1. The average molecular weight is 556 g/mol. The van der Waals surface area contributed by atoms with Crippen LogP contribution in [-0.2, 0) is 34.3 Å². The second-order valence-corrected chi connectivity index (χ2v) is 11.7. The van der Waals surface area contributed by atoms with Gasteiger partial charge in [-0.05, 0) is 54.2 Å². The minimum Gasteiger partial charge on any atom is -0.393 e. The van der Waals surface area contributed by atoms with E-state index in [4.69, 9.17) is 5.11 Å². The Bertz CT molecular complexity index is 1200. The van der Waals surface area contributed by atoms with Crippen molar-refractivity contribution in [3.8, 4) is 0 Å². The molecule has 3 N–H and O–H groups in total. The summed E-state index contributed by atoms with van der Waals surface area (Å²) in [6.45, 7) is 4.15. The Kier molecular flexibility index (Phi) is 10.2. The van der Waals surface area contributed by atoms with Gasteiger partial charge in [0.15, 0.2) is 0 Å². The number of nitrogens with one attached hydrogen (secondary N) is 2. The van der Waals surface area contributed by atoms with Gasteiger partial charge in [0.2, 0.25) is 0 Å². The number of hydrogen-bond donors (Lipinski definition) is 3. The molecule has 1 aliphatic heterocycles. The minimum atomic E-state index is -4.93. The molecule has 2 aromatic carbocycles. The number of benzene rings is 2. The van der Waals surface area contributed by atoms with Gasteiger partial charge < -0.3 is 15.3 Å². The molecular weight excluding hydrogens is 519 g/mol. The zero-order valence-electron chi connectivity index (χ0n) is 21.7. The van der Waals surface area contributed by atoms with Gasteiger partial charge in [-0.3, -0.25) is 9.52 Å². The number of carbonyl (C=O) groups is 1. The first-order valence-corrected chi connectivity index (χ1v) is 14.3. The topological polar surface area (TPSA) is 98.7 Å². The lowest BCUT2D eigenvalue weighted by Gasteiger charge is -2.29. The predicted octanol–water partition coefficient (Wildman–Crippen LogP) is 4.74. The number of alkyl halides is 3. The van der Waals surface area contributed by atoms with E-state index in [9.17, 15) is 26.4 Å². The van der Waals surface area contributed by atoms with E-state index in [1.807, 2.05) is 26.0 Å². The van der Waals surface area contributed by atoms with E-state index in [1.165, 1.54) is 37.5 Å². The maximum atomic E-state index is 12.9. The third-order valence-electron chi connectivity index (χ3n) is 6.57. The van der Waals surface area contributed by atoms with Gasteiger partial charge >= 0.3 is 12.1 Å². The fourth-order valence-corrected chi connectivity index (χ4v) is 5.57. The van der Waals surface area contributed by atoms with Crippen molar-refractivity contribution < 1.29 is 31.5 Å². The van der Waals surface area contributed by atoms with Crippen molar-refractivity contribution >= 4 is 21.6 Å². The summed E-state index contributed by atoms with van der Waals surface area (Å²) in [6.07, 6.45) is 1.14. The average Bonchev–Trinajstić information content (AvgIpc) is 2.87. The lowest BCUT2D eigenvalue weighted by molar-refractivity contribution is -0.186. The standard InChI is InChI=1S/C21H24F3N3O3S.C6H12O/c1-14(2)25-12-16-5-3-4-6-19(16)26-31(29,30)18-8-7-17-13-27(10-9-15(17)11-18)20(28)21(22,23)24;7-6-4-2-1-3-5-6/h3-8,11,14,25-26H,9-10,12-13H2,1-2H3;6-7H,1-5H2. The lowest BCUT2D eigenvalue weighted by Crippen LogP contribution is -2.43. The van der Waals surface area contributed by atoms with Crippen LogP contribution in [0.15, 0.2) is 47.4 Å². The summed E-state index contributed by atoms with van der Waals surface area (Å²) in [6, 6.07) is 11.6. The van der Waals surface area contributed by atoms with Crippen LogP contribution in [-0.4, -0.2) is 49.2 Å². The van der Waals surface area contributed by atoms with Crippen molar-refractivity contribution in [2.45, 2.75) is 88.7 Å². The second kappa shape index (κ2) is 12.9. The molecule has 1 aliphatic carbocycles. The van der Waals surface area contributed by atoms with E-state index in [2.05, 4.69) is 10.0 Å². The fraction of sp³-hybridized carbons (Fsp3) is 0.519. The van der Waals surface area contributed by atoms with Crippen molar-refractivity contribution in [2.75, 3.05) is 11.3 Å². The molecule has 0 bridgehead atoms. The first kappa shape index (κ1) is 29.9. The molecular formula is C27H36F3N3O4S. The summed E-state index contributed by atoms with van der Waals surface area (Å²) in [7, 11) is -3.90. The molecule has 0 saturated heterocycles. The van der Waals surface area contributed by atoms with Gasteiger partial charge in [0.1, 0.15) is 0 Å². The number of amides is 1. The maximum absolute atomic E-state index is 12.9. The van der Waals surface area contributed by atoms with Gasteiger partial charge in [-0.2, -0.15) is 13.2 Å². The number of para-hydroxylation sites is 1. The molecule has 2 aliphatic rings. The van der Waals surface area contributed by atoms with Crippen LogP contribution in [0, 0.1) is 0 Å². The Morgan fingerprint density at radius 1 is 1.08 bits per heavy atom. The van der Waals surface area contributed by atoms with E-state index in [0.29, 0.717) is 23.4 Å². The highest BCUT2D eigenvalue weighted by atomic mass is 32.2. The quantitative estimate of drug-likeness (QED) is 0.478. The number of anilines is 1. The third-order valence-corrected chi connectivity index (χ3v) is 7.93. The van der Waals surface area contributed by atoms with E-state index >= 15 is 0 Å². The van der Waals surface area contributed by atoms with Crippen molar-refractivity contribution in [1.82, 2.24) is 10.2 Å². The summed E-state index contributed by atoms with van der Waals surface area (Å²) in [5.41, 5.74) is 2.36. The van der Waals surface area contributed by atoms with Crippen molar-refractivity contribution in [1.29, 1.82) is 0 Å². The van der Waals surface area contributed by atoms with E-state index in [0.717, 1.165) is 23.3 Å². The van der Waals surface area contributed by atoms with E-state index in [1.54, 1.807) is 12.1 Å². The molecule has 210 valence electrons. The Morgan fingerprint density at radius 2 is 1.76 bits per heavy atom. The van der Waals surface area contributed by atoms with Crippen molar-refractivity contribution in [2.24, 2.45) is 0 Å². The number of rotatable bonds is 6. The molecule has 7 nitrogen and oxygen atoms in total. The number of carbonyl (C=O) groups excluding carboxylic acids is 1. The molecule has 0 atom stereocenters. The molecule has 1 amide bonds. The first-order valence-electron chi connectivity index (χ1n) is 12.9. The number of halogens is 3. The fourth-order valence-electron chi connectivity index (χ4n) is 4.42. The molecule has 1 heterocycles. The van der Waals surface area contributed by atoms with Crippen LogP contribution >= 0.6 is 0 Å². The molecule has 4 rings (SSSR count).